The zero-order chi connectivity index (χ0) is 27.0. The van der Waals surface area contributed by atoms with E-state index in [4.69, 9.17) is 11.6 Å². The van der Waals surface area contributed by atoms with E-state index in [9.17, 15) is 19.5 Å². The van der Waals surface area contributed by atoms with Crippen molar-refractivity contribution in [1.29, 1.82) is 0 Å². The number of nitrogens with one attached hydrogen (secondary N) is 2. The maximum atomic E-state index is 13.5. The van der Waals surface area contributed by atoms with Gasteiger partial charge in [-0.2, -0.15) is 0 Å². The Bertz CT molecular complexity index is 1380. The molecular formula is C27H32ClN5O4. The van der Waals surface area contributed by atoms with Gasteiger partial charge in [-0.25, -0.2) is 4.98 Å². The molecule has 9 nitrogen and oxygen atoms in total. The lowest BCUT2D eigenvalue weighted by molar-refractivity contribution is -0.142. The van der Waals surface area contributed by atoms with Gasteiger partial charge in [-0.3, -0.25) is 19.0 Å². The average molecular weight is 526 g/mol. The molecular weight excluding hydrogens is 494 g/mol. The first-order valence-corrected chi connectivity index (χ1v) is 12.5. The predicted molar refractivity (Wildman–Crippen MR) is 144 cm³/mol. The molecule has 0 unspecified atom stereocenters. The van der Waals surface area contributed by atoms with Gasteiger partial charge in [-0.05, 0) is 49.1 Å². The van der Waals surface area contributed by atoms with Gasteiger partial charge in [0.15, 0.2) is 0 Å². The summed E-state index contributed by atoms with van der Waals surface area (Å²) in [4.78, 5) is 45.8. The van der Waals surface area contributed by atoms with Crippen molar-refractivity contribution in [2.45, 2.75) is 46.4 Å². The number of benzene rings is 1. The van der Waals surface area contributed by atoms with Gasteiger partial charge < -0.3 is 20.6 Å². The van der Waals surface area contributed by atoms with Gasteiger partial charge in [0.1, 0.15) is 17.8 Å². The topological polar surface area (TPSA) is 117 Å². The highest BCUT2D eigenvalue weighted by atomic mass is 35.5. The second-order valence-corrected chi connectivity index (χ2v) is 11.4. The van der Waals surface area contributed by atoms with E-state index in [1.165, 1.54) is 16.8 Å². The van der Waals surface area contributed by atoms with E-state index in [-0.39, 0.29) is 42.2 Å². The highest BCUT2D eigenvalue weighted by Crippen LogP contribution is 2.29. The number of aromatic nitrogens is 2. The predicted octanol–water partition coefficient (Wildman–Crippen LogP) is 3.03. The smallest absolute Gasteiger partial charge is 0.265 e. The summed E-state index contributed by atoms with van der Waals surface area (Å²) in [6.07, 6.45) is 1.53. The van der Waals surface area contributed by atoms with E-state index in [0.717, 1.165) is 5.56 Å². The fourth-order valence-electron chi connectivity index (χ4n) is 4.32. The van der Waals surface area contributed by atoms with E-state index in [1.54, 1.807) is 49.1 Å². The van der Waals surface area contributed by atoms with Gasteiger partial charge in [0, 0.05) is 48.5 Å². The first-order valence-electron chi connectivity index (χ1n) is 12.1. The number of likely N-dealkylation sites (tertiary alicyclic amines) is 1. The summed E-state index contributed by atoms with van der Waals surface area (Å²) in [6.45, 7) is 8.89. The molecule has 3 N–H and O–H groups in total. The molecule has 4 rings (SSSR count). The van der Waals surface area contributed by atoms with Crippen LogP contribution in [0, 0.1) is 5.41 Å². The van der Waals surface area contributed by atoms with Crippen molar-refractivity contribution in [1.82, 2.24) is 19.8 Å². The van der Waals surface area contributed by atoms with E-state index in [0.29, 0.717) is 29.2 Å². The third kappa shape index (κ3) is 6.29. The Morgan fingerprint density at radius 1 is 1.16 bits per heavy atom. The van der Waals surface area contributed by atoms with Gasteiger partial charge in [0.2, 0.25) is 5.91 Å². The summed E-state index contributed by atoms with van der Waals surface area (Å²) in [7, 11) is 0. The Hall–Kier alpha value is -3.43. The number of carbonyl (C=O) groups is 2. The average Bonchev–Trinajstić information content (AvgIpc) is 2.81. The number of pyridine rings is 2. The highest BCUT2D eigenvalue weighted by molar-refractivity contribution is 6.30. The van der Waals surface area contributed by atoms with Gasteiger partial charge in [0.05, 0.1) is 5.60 Å². The van der Waals surface area contributed by atoms with Gasteiger partial charge in [0.25, 0.3) is 11.5 Å². The number of fused-ring (bicyclic) bond motifs is 1. The standard InChI is InChI=1S/C27H32ClN5O4/c1-26(2)15-32(16-26)22(34)13-33-23-19(21(9-10-29-23)31-14-27(3,4)37)11-20(25(33)36)24(35)30-12-17-5-7-18(28)8-6-17/h5-11,37H,12-16H2,1-4H3,(H,29,31)(H,30,35). The fraction of sp³-hybridized carbons (Fsp3) is 0.407. The molecule has 0 aliphatic carbocycles. The molecule has 0 radical (unpaired) electrons. The zero-order valence-electron chi connectivity index (χ0n) is 21.5. The molecule has 0 bridgehead atoms. The highest BCUT2D eigenvalue weighted by Gasteiger charge is 2.37. The summed E-state index contributed by atoms with van der Waals surface area (Å²) in [5, 5.41) is 17.2. The molecule has 0 atom stereocenters. The fourth-order valence-corrected chi connectivity index (χ4v) is 4.45. The normalized spacial score (nSPS) is 14.8. The molecule has 196 valence electrons. The van der Waals surface area contributed by atoms with Crippen molar-refractivity contribution in [3.8, 4) is 0 Å². The van der Waals surface area contributed by atoms with Crippen LogP contribution < -0.4 is 16.2 Å². The molecule has 10 heteroatoms. The second-order valence-electron chi connectivity index (χ2n) is 10.9. The molecule has 2 amide bonds. The van der Waals surface area contributed by atoms with Crippen LogP contribution in [0.4, 0.5) is 5.69 Å². The Labute approximate surface area is 220 Å². The molecule has 3 aromatic rings. The third-order valence-electron chi connectivity index (χ3n) is 6.20. The van der Waals surface area contributed by atoms with Crippen LogP contribution in [0.3, 0.4) is 0 Å². The summed E-state index contributed by atoms with van der Waals surface area (Å²) in [5.41, 5.74) is 0.0440. The van der Waals surface area contributed by atoms with Crippen LogP contribution in [-0.2, 0) is 17.9 Å². The van der Waals surface area contributed by atoms with Gasteiger partial charge >= 0.3 is 0 Å². The summed E-state index contributed by atoms with van der Waals surface area (Å²) in [5.74, 6) is -0.775. The van der Waals surface area contributed by atoms with Crippen LogP contribution in [0.15, 0.2) is 47.4 Å². The molecule has 3 heterocycles. The molecule has 0 saturated carbocycles. The number of nitrogens with zero attached hydrogens (tertiary/aromatic N) is 3. The summed E-state index contributed by atoms with van der Waals surface area (Å²) < 4.78 is 1.26. The minimum atomic E-state index is -0.997. The lowest BCUT2D eigenvalue weighted by atomic mass is 9.84. The van der Waals surface area contributed by atoms with Crippen LogP contribution >= 0.6 is 11.6 Å². The second kappa shape index (κ2) is 10.1. The molecule has 2 aromatic heterocycles. The third-order valence-corrected chi connectivity index (χ3v) is 6.45. The number of rotatable bonds is 8. The van der Waals surface area contributed by atoms with Crippen molar-refractivity contribution < 1.29 is 14.7 Å². The summed E-state index contributed by atoms with van der Waals surface area (Å²) in [6, 6.07) is 10.2. The number of hydrogen-bond acceptors (Lipinski definition) is 6. The van der Waals surface area contributed by atoms with Crippen LogP contribution in [0.25, 0.3) is 11.0 Å². The minimum Gasteiger partial charge on any atom is -0.389 e. The van der Waals surface area contributed by atoms with E-state index in [1.807, 2.05) is 0 Å². The number of anilines is 1. The van der Waals surface area contributed by atoms with E-state index >= 15 is 0 Å². The Balaban J connectivity index is 1.71. The maximum absolute atomic E-state index is 13.5. The lowest BCUT2D eigenvalue weighted by Gasteiger charge is -2.45. The van der Waals surface area contributed by atoms with Crippen LogP contribution in [0.5, 0.6) is 0 Å². The van der Waals surface area contributed by atoms with Crippen LogP contribution in [0.2, 0.25) is 5.02 Å². The number of aliphatic hydroxyl groups is 1. The molecule has 1 aromatic carbocycles. The SMILES string of the molecule is CC(C)(O)CNc1ccnc2c1cc(C(=O)NCc1ccc(Cl)cc1)c(=O)n2CC(=O)N1CC(C)(C)C1. The monoisotopic (exact) mass is 525 g/mol. The van der Waals surface area contributed by atoms with Crippen molar-refractivity contribution in [3.05, 3.63) is 69.1 Å². The Kier molecular flexibility index (Phi) is 7.30. The minimum absolute atomic E-state index is 0.0402. The van der Waals surface area contributed by atoms with Gasteiger partial charge in [-0.1, -0.05) is 37.6 Å². The van der Waals surface area contributed by atoms with Crippen molar-refractivity contribution >= 4 is 40.1 Å². The Morgan fingerprint density at radius 2 is 1.84 bits per heavy atom. The molecule has 1 aliphatic heterocycles. The quantitative estimate of drug-likeness (QED) is 0.416. The molecule has 1 fully saturated rings. The summed E-state index contributed by atoms with van der Waals surface area (Å²) >= 11 is 5.94. The van der Waals surface area contributed by atoms with Crippen molar-refractivity contribution in [3.63, 3.8) is 0 Å². The first-order chi connectivity index (χ1) is 17.3. The van der Waals surface area contributed by atoms with Crippen LogP contribution in [0.1, 0.15) is 43.6 Å². The Morgan fingerprint density at radius 3 is 2.46 bits per heavy atom. The van der Waals surface area contributed by atoms with Crippen molar-refractivity contribution in [2.75, 3.05) is 25.0 Å². The lowest BCUT2D eigenvalue weighted by Crippen LogP contribution is -2.56. The van der Waals surface area contributed by atoms with E-state index < -0.39 is 17.1 Å². The van der Waals surface area contributed by atoms with Crippen molar-refractivity contribution in [2.24, 2.45) is 5.41 Å². The number of amides is 2. The first kappa shape index (κ1) is 26.6. The largest absolute Gasteiger partial charge is 0.389 e. The number of carbonyl (C=O) groups excluding carboxylic acids is 2. The number of halogens is 1. The molecule has 1 aliphatic rings. The molecule has 1 saturated heterocycles. The van der Waals surface area contributed by atoms with Crippen LogP contribution in [-0.4, -0.2) is 56.6 Å². The number of hydrogen-bond donors (Lipinski definition) is 3. The molecule has 0 spiro atoms. The van der Waals surface area contributed by atoms with E-state index in [2.05, 4.69) is 29.5 Å². The molecule has 37 heavy (non-hydrogen) atoms. The van der Waals surface area contributed by atoms with Gasteiger partial charge in [-0.15, -0.1) is 0 Å². The zero-order valence-corrected chi connectivity index (χ0v) is 22.2. The maximum Gasteiger partial charge on any atom is 0.265 e.